The van der Waals surface area contributed by atoms with Gasteiger partial charge in [0.2, 0.25) is 5.88 Å². The van der Waals surface area contributed by atoms with E-state index >= 15 is 0 Å². The average molecular weight is 289 g/mol. The van der Waals surface area contributed by atoms with Gasteiger partial charge in [0, 0.05) is 6.07 Å². The third kappa shape index (κ3) is 3.73. The van der Waals surface area contributed by atoms with Gasteiger partial charge in [0.25, 0.3) is 0 Å². The summed E-state index contributed by atoms with van der Waals surface area (Å²) < 4.78 is 81.5. The summed E-state index contributed by atoms with van der Waals surface area (Å²) >= 11 is 0. The predicted octanol–water partition coefficient (Wildman–Crippen LogP) is 2.82. The van der Waals surface area contributed by atoms with Gasteiger partial charge < -0.3 is 9.47 Å². The number of ether oxygens (including phenoxy) is 2. The molecule has 1 aromatic rings. The van der Waals surface area contributed by atoms with E-state index in [0.29, 0.717) is 0 Å². The number of carbonyl (C=O) groups is 1. The summed E-state index contributed by atoms with van der Waals surface area (Å²) in [6, 6.07) is 0.202. The van der Waals surface area contributed by atoms with Crippen LogP contribution in [0.25, 0.3) is 0 Å². The first-order chi connectivity index (χ1) is 8.58. The number of carbonyl (C=O) groups excluding carboxylic acids is 1. The number of pyridine rings is 1. The summed E-state index contributed by atoms with van der Waals surface area (Å²) in [6.45, 7) is 0. The fourth-order valence-corrected chi connectivity index (χ4v) is 1.15. The number of hydrogen-bond donors (Lipinski definition) is 0. The molecule has 0 spiro atoms. The van der Waals surface area contributed by atoms with Crippen LogP contribution in [-0.2, 0) is 6.18 Å². The predicted molar refractivity (Wildman–Crippen MR) is 47.9 cm³/mol. The first-order valence-corrected chi connectivity index (χ1v) is 4.45. The molecule has 0 aromatic carbocycles. The second kappa shape index (κ2) is 4.94. The minimum atomic E-state index is -5.39. The Morgan fingerprint density at radius 3 is 2.16 bits per heavy atom. The van der Waals surface area contributed by atoms with Crippen molar-refractivity contribution in [2.45, 2.75) is 12.5 Å². The van der Waals surface area contributed by atoms with Crippen LogP contribution in [-0.4, -0.2) is 24.7 Å². The molecule has 4 nitrogen and oxygen atoms in total. The molecule has 106 valence electrons. The molecule has 19 heavy (non-hydrogen) atoms. The van der Waals surface area contributed by atoms with Crippen molar-refractivity contribution < 1.29 is 40.6 Å². The van der Waals surface area contributed by atoms with E-state index in [1.807, 2.05) is 0 Å². The van der Waals surface area contributed by atoms with Crippen molar-refractivity contribution in [3.05, 3.63) is 17.3 Å². The number of rotatable bonds is 3. The summed E-state index contributed by atoms with van der Waals surface area (Å²) in [7, 11) is 0.946. The molecule has 0 aliphatic rings. The molecule has 10 heteroatoms. The summed E-state index contributed by atoms with van der Waals surface area (Å²) in [6.07, 6.45) is -10.9. The lowest BCUT2D eigenvalue weighted by Gasteiger charge is -2.17. The Morgan fingerprint density at radius 2 is 1.79 bits per heavy atom. The minimum absolute atomic E-state index is 0.202. The van der Waals surface area contributed by atoms with E-state index in [9.17, 15) is 31.1 Å². The van der Waals surface area contributed by atoms with E-state index in [0.717, 1.165) is 7.11 Å². The highest BCUT2D eigenvalue weighted by Crippen LogP contribution is 2.41. The fraction of sp³-hybridized carbons (Fsp3) is 0.333. The molecule has 0 saturated heterocycles. The van der Waals surface area contributed by atoms with Crippen molar-refractivity contribution in [1.29, 1.82) is 0 Å². The SMILES string of the molecule is COc1cc(C(F)(F)F)c(OC(F)(F)F)c(C=O)n1. The molecule has 0 fully saturated rings. The van der Waals surface area contributed by atoms with Crippen molar-refractivity contribution in [2.75, 3.05) is 7.11 Å². The van der Waals surface area contributed by atoms with Gasteiger partial charge in [0.05, 0.1) is 7.11 Å². The normalized spacial score (nSPS) is 12.2. The Morgan fingerprint density at radius 1 is 1.21 bits per heavy atom. The lowest BCUT2D eigenvalue weighted by molar-refractivity contribution is -0.276. The standard InChI is InChI=1S/C9H5F6NO3/c1-18-6-2-4(8(10,11)12)7(5(3-17)16-6)19-9(13,14)15/h2-3H,1H3. The summed E-state index contributed by atoms with van der Waals surface area (Å²) in [5.41, 5.74) is -2.97. The molecule has 1 rings (SSSR count). The Bertz CT molecular complexity index is 482. The molecule has 0 amide bonds. The molecule has 0 radical (unpaired) electrons. The molecule has 0 aliphatic carbocycles. The van der Waals surface area contributed by atoms with Crippen LogP contribution in [0.3, 0.4) is 0 Å². The smallest absolute Gasteiger partial charge is 0.481 e. The first-order valence-electron chi connectivity index (χ1n) is 4.45. The Hall–Kier alpha value is -2.00. The highest BCUT2D eigenvalue weighted by atomic mass is 19.4. The Balaban J connectivity index is 3.51. The molecule has 1 aromatic heterocycles. The minimum Gasteiger partial charge on any atom is -0.481 e. The van der Waals surface area contributed by atoms with Crippen molar-refractivity contribution in [1.82, 2.24) is 4.98 Å². The van der Waals surface area contributed by atoms with Crippen LogP contribution < -0.4 is 9.47 Å². The van der Waals surface area contributed by atoms with Crippen LogP contribution in [0, 0.1) is 0 Å². The Labute approximate surface area is 101 Å². The van der Waals surface area contributed by atoms with Gasteiger partial charge in [-0.2, -0.15) is 13.2 Å². The monoisotopic (exact) mass is 289 g/mol. The van der Waals surface area contributed by atoms with E-state index in [1.54, 1.807) is 0 Å². The number of halogens is 6. The van der Waals surface area contributed by atoms with Gasteiger partial charge >= 0.3 is 12.5 Å². The Kier molecular flexibility index (Phi) is 3.91. The number of aromatic nitrogens is 1. The zero-order chi connectivity index (χ0) is 14.8. The number of nitrogens with zero attached hydrogens (tertiary/aromatic N) is 1. The van der Waals surface area contributed by atoms with Crippen molar-refractivity contribution in [2.24, 2.45) is 0 Å². The number of aldehydes is 1. The molecule has 0 atom stereocenters. The van der Waals surface area contributed by atoms with E-state index in [-0.39, 0.29) is 12.4 Å². The van der Waals surface area contributed by atoms with Gasteiger partial charge in [0.1, 0.15) is 11.3 Å². The van der Waals surface area contributed by atoms with Crippen LogP contribution in [0.5, 0.6) is 11.6 Å². The van der Waals surface area contributed by atoms with Crippen molar-refractivity contribution in [3.63, 3.8) is 0 Å². The number of hydrogen-bond acceptors (Lipinski definition) is 4. The zero-order valence-corrected chi connectivity index (χ0v) is 9.09. The van der Waals surface area contributed by atoms with E-state index in [4.69, 9.17) is 0 Å². The topological polar surface area (TPSA) is 48.4 Å². The van der Waals surface area contributed by atoms with Crippen LogP contribution in [0.2, 0.25) is 0 Å². The summed E-state index contributed by atoms with van der Waals surface area (Å²) in [5.74, 6) is -2.38. The van der Waals surface area contributed by atoms with E-state index in [1.165, 1.54) is 0 Å². The second-order valence-electron chi connectivity index (χ2n) is 3.09. The largest absolute Gasteiger partial charge is 0.573 e. The van der Waals surface area contributed by atoms with Gasteiger partial charge in [-0.15, -0.1) is 13.2 Å². The third-order valence-corrected chi connectivity index (χ3v) is 1.82. The summed E-state index contributed by atoms with van der Waals surface area (Å²) in [4.78, 5) is 13.7. The molecule has 0 aliphatic heterocycles. The lowest BCUT2D eigenvalue weighted by atomic mass is 10.2. The average Bonchev–Trinajstić information content (AvgIpc) is 2.25. The third-order valence-electron chi connectivity index (χ3n) is 1.82. The summed E-state index contributed by atoms with van der Waals surface area (Å²) in [5, 5.41) is 0. The van der Waals surface area contributed by atoms with Gasteiger partial charge in [-0.25, -0.2) is 4.98 Å². The fourth-order valence-electron chi connectivity index (χ4n) is 1.15. The van der Waals surface area contributed by atoms with Gasteiger partial charge in [-0.05, 0) is 0 Å². The molecule has 0 unspecified atom stereocenters. The maximum absolute atomic E-state index is 12.6. The number of alkyl halides is 6. The second-order valence-corrected chi connectivity index (χ2v) is 3.09. The van der Waals surface area contributed by atoms with Crippen LogP contribution in [0.4, 0.5) is 26.3 Å². The quantitative estimate of drug-likeness (QED) is 0.634. The van der Waals surface area contributed by atoms with Gasteiger partial charge in [-0.3, -0.25) is 4.79 Å². The highest BCUT2D eigenvalue weighted by Gasteiger charge is 2.41. The van der Waals surface area contributed by atoms with Crippen molar-refractivity contribution >= 4 is 6.29 Å². The van der Waals surface area contributed by atoms with E-state index in [2.05, 4.69) is 14.5 Å². The van der Waals surface area contributed by atoms with Gasteiger partial charge in [0.15, 0.2) is 12.0 Å². The maximum atomic E-state index is 12.6. The molecule has 0 N–H and O–H groups in total. The lowest BCUT2D eigenvalue weighted by Crippen LogP contribution is -2.22. The molecule has 1 heterocycles. The first kappa shape index (κ1) is 15.1. The van der Waals surface area contributed by atoms with Crippen LogP contribution in [0.1, 0.15) is 16.1 Å². The highest BCUT2D eigenvalue weighted by molar-refractivity contribution is 5.78. The zero-order valence-electron chi connectivity index (χ0n) is 9.09. The maximum Gasteiger partial charge on any atom is 0.573 e. The molecular formula is C9H5F6NO3. The molecular weight excluding hydrogens is 284 g/mol. The molecule has 0 bridgehead atoms. The van der Waals surface area contributed by atoms with Crippen LogP contribution >= 0.6 is 0 Å². The van der Waals surface area contributed by atoms with Crippen LogP contribution in [0.15, 0.2) is 6.07 Å². The molecule has 0 saturated carbocycles. The van der Waals surface area contributed by atoms with Crippen molar-refractivity contribution in [3.8, 4) is 11.6 Å². The van der Waals surface area contributed by atoms with Gasteiger partial charge in [-0.1, -0.05) is 0 Å². The number of methoxy groups -OCH3 is 1. The van der Waals surface area contributed by atoms with E-state index < -0.39 is 35.4 Å².